The summed E-state index contributed by atoms with van der Waals surface area (Å²) in [6.45, 7) is 4.59. The summed E-state index contributed by atoms with van der Waals surface area (Å²) >= 11 is 1.15. The molecular weight excluding hydrogens is 471 g/mol. The number of thiophene rings is 1. The lowest BCUT2D eigenvalue weighted by Crippen LogP contribution is -2.28. The summed E-state index contributed by atoms with van der Waals surface area (Å²) in [7, 11) is 1.00. The van der Waals surface area contributed by atoms with Crippen LogP contribution in [0.15, 0.2) is 42.5 Å². The van der Waals surface area contributed by atoms with Crippen molar-refractivity contribution in [1.29, 1.82) is 0 Å². The summed E-state index contributed by atoms with van der Waals surface area (Å²) in [6.07, 6.45) is 1.97. The number of benzene rings is 1. The van der Waals surface area contributed by atoms with Gasteiger partial charge in [-0.15, -0.1) is 11.3 Å². The normalized spacial score (nSPS) is 13.3. The van der Waals surface area contributed by atoms with Gasteiger partial charge in [-0.25, -0.2) is 9.37 Å². The predicted molar refractivity (Wildman–Crippen MR) is 134 cm³/mol. The van der Waals surface area contributed by atoms with Crippen molar-refractivity contribution >= 4 is 34.0 Å². The zero-order chi connectivity index (χ0) is 25.8. The summed E-state index contributed by atoms with van der Waals surface area (Å²) < 4.78 is 14.8. The second-order valence-corrected chi connectivity index (χ2v) is 9.56. The molecule has 0 unspecified atom stereocenters. The minimum atomic E-state index is -1.18. The number of nitrogens with one attached hydrogen (secondary N) is 1. The second kappa shape index (κ2) is 10.9. The molecule has 0 aliphatic carbocycles. The molecule has 0 radical (unpaired) electrons. The van der Waals surface area contributed by atoms with Crippen LogP contribution in [-0.4, -0.2) is 52.1 Å². The van der Waals surface area contributed by atoms with Crippen molar-refractivity contribution in [3.05, 3.63) is 65.1 Å². The number of amides is 2. The Kier molecular flexibility index (Phi) is 8.21. The number of carbonyl (C=O) groups excluding carboxylic acids is 2. The smallest absolute Gasteiger partial charge is 0.272 e. The molecule has 2 aromatic heterocycles. The van der Waals surface area contributed by atoms with Gasteiger partial charge >= 0.3 is 0 Å². The Hall–Kier alpha value is -3.34. The number of aliphatic hydroxyl groups excluding tert-OH is 1. The van der Waals surface area contributed by atoms with Gasteiger partial charge in [0.1, 0.15) is 22.3 Å². The molecule has 1 aliphatic heterocycles. The number of primary amides is 1. The Morgan fingerprint density at radius 2 is 1.83 bits per heavy atom. The fourth-order valence-corrected chi connectivity index (χ4v) is 4.81. The van der Waals surface area contributed by atoms with Crippen molar-refractivity contribution in [3.63, 3.8) is 0 Å². The molecule has 0 spiro atoms. The molecule has 0 atom stereocenters. The van der Waals surface area contributed by atoms with Crippen LogP contribution in [-0.2, 0) is 5.60 Å². The van der Waals surface area contributed by atoms with Gasteiger partial charge in [-0.3, -0.25) is 9.59 Å². The Labute approximate surface area is 207 Å². The summed E-state index contributed by atoms with van der Waals surface area (Å²) in [4.78, 5) is 31.4. The minimum Gasteiger partial charge on any atom is -0.400 e. The number of halogens is 1. The molecule has 186 valence electrons. The number of likely N-dealkylation sites (tertiary alicyclic amines) is 1. The molecule has 5 N–H and O–H groups in total. The lowest BCUT2D eigenvalue weighted by Gasteiger charge is -2.18. The van der Waals surface area contributed by atoms with Gasteiger partial charge in [-0.1, -0.05) is 18.2 Å². The molecule has 1 saturated heterocycles. The quantitative estimate of drug-likeness (QED) is 0.407. The summed E-state index contributed by atoms with van der Waals surface area (Å²) in [5, 5.41) is 20.6. The van der Waals surface area contributed by atoms with Gasteiger partial charge in [0.25, 0.3) is 11.8 Å². The highest BCUT2D eigenvalue weighted by Gasteiger charge is 2.23. The average Bonchev–Trinajstić information content (AvgIpc) is 3.50. The number of nitrogens with zero attached hydrogens (tertiary/aromatic N) is 2. The molecule has 0 bridgehead atoms. The lowest BCUT2D eigenvalue weighted by molar-refractivity contribution is 0.0778. The van der Waals surface area contributed by atoms with Gasteiger partial charge in [0.15, 0.2) is 0 Å². The van der Waals surface area contributed by atoms with Crippen LogP contribution in [0.4, 0.5) is 15.2 Å². The van der Waals surface area contributed by atoms with E-state index in [2.05, 4.69) is 10.3 Å². The number of carbonyl (C=O) groups is 2. The van der Waals surface area contributed by atoms with Gasteiger partial charge in [-0.05, 0) is 56.5 Å². The lowest BCUT2D eigenvalue weighted by atomic mass is 9.96. The molecule has 1 aliphatic rings. The molecule has 10 heteroatoms. The Morgan fingerprint density at radius 3 is 2.43 bits per heavy atom. The molecule has 2 amide bonds. The van der Waals surface area contributed by atoms with Crippen molar-refractivity contribution in [2.75, 3.05) is 25.5 Å². The van der Waals surface area contributed by atoms with E-state index in [0.29, 0.717) is 27.0 Å². The first-order valence-electron chi connectivity index (χ1n) is 11.1. The minimum absolute atomic E-state index is 0.132. The van der Waals surface area contributed by atoms with Crippen LogP contribution in [0.2, 0.25) is 0 Å². The van der Waals surface area contributed by atoms with Gasteiger partial charge < -0.3 is 26.2 Å². The highest BCUT2D eigenvalue weighted by atomic mass is 32.1. The number of nitrogens with two attached hydrogens (primary N) is 1. The Balaban J connectivity index is 0.00000167. The molecular formula is C25H29FN4O4S. The van der Waals surface area contributed by atoms with Crippen molar-refractivity contribution in [2.45, 2.75) is 32.3 Å². The standard InChI is InChI=1S/C24H25FN4O3S.CH4O/c1-24(2,32)14-8-9-15(17(25)12-14)19-13-16(21(26)30)22(33-19)28-20-7-5-6-18(27-20)23(31)29-10-3-4-11-29;1-2/h5-9,12-13,32H,3-4,10-11H2,1-2H3,(H2,26,30)(H,27,28);2H,1H3. The molecule has 35 heavy (non-hydrogen) atoms. The maximum absolute atomic E-state index is 14.8. The van der Waals surface area contributed by atoms with Gasteiger partial charge in [-0.2, -0.15) is 0 Å². The van der Waals surface area contributed by atoms with Crippen LogP contribution in [0.1, 0.15) is 53.1 Å². The van der Waals surface area contributed by atoms with E-state index in [9.17, 15) is 19.1 Å². The van der Waals surface area contributed by atoms with E-state index in [4.69, 9.17) is 10.8 Å². The molecule has 3 aromatic rings. The first-order valence-corrected chi connectivity index (χ1v) is 11.9. The number of anilines is 2. The third kappa shape index (κ3) is 6.02. The number of pyridine rings is 1. The maximum Gasteiger partial charge on any atom is 0.272 e. The van der Waals surface area contributed by atoms with Crippen LogP contribution >= 0.6 is 11.3 Å². The van der Waals surface area contributed by atoms with Crippen molar-refractivity contribution in [3.8, 4) is 10.4 Å². The molecule has 1 aromatic carbocycles. The molecule has 0 saturated carbocycles. The van der Waals surface area contributed by atoms with E-state index in [1.165, 1.54) is 12.1 Å². The zero-order valence-corrected chi connectivity index (χ0v) is 20.7. The van der Waals surface area contributed by atoms with E-state index in [0.717, 1.165) is 44.4 Å². The summed E-state index contributed by atoms with van der Waals surface area (Å²) in [5.74, 6) is -0.937. The number of aliphatic hydroxyl groups is 2. The predicted octanol–water partition coefficient (Wildman–Crippen LogP) is 3.86. The maximum atomic E-state index is 14.8. The van der Waals surface area contributed by atoms with E-state index >= 15 is 0 Å². The monoisotopic (exact) mass is 500 g/mol. The summed E-state index contributed by atoms with van der Waals surface area (Å²) in [5.41, 5.74) is 5.62. The number of rotatable bonds is 6. The first-order chi connectivity index (χ1) is 16.6. The van der Waals surface area contributed by atoms with E-state index in [1.54, 1.807) is 49.1 Å². The molecule has 1 fully saturated rings. The third-order valence-electron chi connectivity index (χ3n) is 5.54. The fourth-order valence-electron chi connectivity index (χ4n) is 3.72. The second-order valence-electron chi connectivity index (χ2n) is 8.50. The molecule has 8 nitrogen and oxygen atoms in total. The van der Waals surface area contributed by atoms with Crippen LogP contribution in [0.3, 0.4) is 0 Å². The number of hydrogen-bond donors (Lipinski definition) is 4. The Morgan fingerprint density at radius 1 is 1.14 bits per heavy atom. The van der Waals surface area contributed by atoms with Crippen LogP contribution < -0.4 is 11.1 Å². The number of aromatic nitrogens is 1. The van der Waals surface area contributed by atoms with Gasteiger partial charge in [0.2, 0.25) is 0 Å². The highest BCUT2D eigenvalue weighted by Crippen LogP contribution is 2.38. The van der Waals surface area contributed by atoms with Crippen molar-refractivity contribution in [1.82, 2.24) is 9.88 Å². The zero-order valence-electron chi connectivity index (χ0n) is 19.8. The number of hydrogen-bond acceptors (Lipinski definition) is 7. The topological polar surface area (TPSA) is 129 Å². The molecule has 3 heterocycles. The van der Waals surface area contributed by atoms with Gasteiger partial charge in [0.05, 0.1) is 11.2 Å². The molecule has 4 rings (SSSR count). The largest absolute Gasteiger partial charge is 0.400 e. The van der Waals surface area contributed by atoms with E-state index in [-0.39, 0.29) is 17.0 Å². The van der Waals surface area contributed by atoms with Crippen LogP contribution in [0.5, 0.6) is 0 Å². The highest BCUT2D eigenvalue weighted by molar-refractivity contribution is 7.19. The van der Waals surface area contributed by atoms with Crippen molar-refractivity contribution in [2.24, 2.45) is 5.73 Å². The fraction of sp³-hybridized carbons (Fsp3) is 0.320. The van der Waals surface area contributed by atoms with Crippen LogP contribution in [0.25, 0.3) is 10.4 Å². The average molecular weight is 501 g/mol. The first kappa shape index (κ1) is 26.3. The summed E-state index contributed by atoms with van der Waals surface area (Å²) in [6, 6.07) is 11.1. The van der Waals surface area contributed by atoms with E-state index < -0.39 is 17.3 Å². The Bertz CT molecular complexity index is 1220. The third-order valence-corrected chi connectivity index (χ3v) is 6.63. The van der Waals surface area contributed by atoms with Crippen LogP contribution in [0, 0.1) is 5.82 Å². The van der Waals surface area contributed by atoms with Gasteiger partial charge in [0, 0.05) is 30.6 Å². The SMILES string of the molecule is CC(C)(O)c1ccc(-c2cc(C(N)=O)c(Nc3cccc(C(=O)N4CCCC4)n3)s2)c(F)c1.CO. The van der Waals surface area contributed by atoms with E-state index in [1.807, 2.05) is 0 Å². The van der Waals surface area contributed by atoms with Crippen molar-refractivity contribution < 1.29 is 24.2 Å².